The van der Waals surface area contributed by atoms with Crippen molar-refractivity contribution < 1.29 is 14.7 Å². The number of halogens is 2. The van der Waals surface area contributed by atoms with Crippen molar-refractivity contribution in [3.05, 3.63) is 87.9 Å². The van der Waals surface area contributed by atoms with E-state index >= 15 is 0 Å². The Morgan fingerprint density at radius 1 is 0.968 bits per heavy atom. The summed E-state index contributed by atoms with van der Waals surface area (Å²) >= 11 is 11.9. The highest BCUT2D eigenvalue weighted by Crippen LogP contribution is 2.35. The summed E-state index contributed by atoms with van der Waals surface area (Å²) in [6, 6.07) is 17.9. The Labute approximate surface area is 186 Å². The summed E-state index contributed by atoms with van der Waals surface area (Å²) in [4.78, 5) is 27.5. The number of aromatic amines is 1. The van der Waals surface area contributed by atoms with Crippen LogP contribution in [0.15, 0.2) is 77.0 Å². The third-order valence-corrected chi connectivity index (χ3v) is 5.01. The van der Waals surface area contributed by atoms with Crippen LogP contribution in [0.1, 0.15) is 20.7 Å². The first-order chi connectivity index (χ1) is 14.9. The molecule has 0 saturated heterocycles. The highest BCUT2D eigenvalue weighted by atomic mass is 35.5. The molecule has 0 aliphatic carbocycles. The summed E-state index contributed by atoms with van der Waals surface area (Å²) in [5.41, 5.74) is 1.89. The number of amides is 2. The second-order valence-electron chi connectivity index (χ2n) is 6.53. The first-order valence-electron chi connectivity index (χ1n) is 9.04. The Morgan fingerprint density at radius 2 is 1.71 bits per heavy atom. The number of anilines is 1. The van der Waals surface area contributed by atoms with E-state index in [-0.39, 0.29) is 27.7 Å². The number of hydrogen-bond donors (Lipinski definition) is 3. The SMILES string of the molecule is O=C(N=Nc1c(O)[nH]c2ccccc12)c1ccc(NC(=O)c2ccc(Cl)cc2Cl)cc1. The molecule has 0 fully saturated rings. The van der Waals surface area contributed by atoms with E-state index in [1.165, 1.54) is 24.3 Å². The van der Waals surface area contributed by atoms with Crippen LogP contribution < -0.4 is 5.32 Å². The van der Waals surface area contributed by atoms with Crippen LogP contribution >= 0.6 is 23.2 Å². The number of nitrogens with one attached hydrogen (secondary N) is 2. The highest BCUT2D eigenvalue weighted by molar-refractivity contribution is 6.37. The summed E-state index contributed by atoms with van der Waals surface area (Å²) in [6.07, 6.45) is 0. The lowest BCUT2D eigenvalue weighted by atomic mass is 10.1. The molecule has 0 aliphatic heterocycles. The van der Waals surface area contributed by atoms with Gasteiger partial charge in [0.05, 0.1) is 16.1 Å². The number of fused-ring (bicyclic) bond motifs is 1. The lowest BCUT2D eigenvalue weighted by molar-refractivity contribution is 0.0993. The molecule has 0 radical (unpaired) electrons. The molecule has 4 aromatic rings. The number of rotatable bonds is 4. The van der Waals surface area contributed by atoms with Crippen LogP contribution in [0.2, 0.25) is 10.0 Å². The molecule has 3 N–H and O–H groups in total. The molecule has 4 rings (SSSR count). The van der Waals surface area contributed by atoms with Crippen LogP contribution in [0.25, 0.3) is 10.9 Å². The Hall–Kier alpha value is -3.68. The molecular formula is C22H14Cl2N4O3. The van der Waals surface area contributed by atoms with Gasteiger partial charge in [-0.3, -0.25) is 9.59 Å². The predicted octanol–water partition coefficient (Wildman–Crippen LogP) is 6.36. The molecule has 1 aromatic heterocycles. The van der Waals surface area contributed by atoms with E-state index in [0.717, 1.165) is 0 Å². The third kappa shape index (κ3) is 4.42. The van der Waals surface area contributed by atoms with Crippen molar-refractivity contribution in [3.8, 4) is 5.88 Å². The lowest BCUT2D eigenvalue weighted by Gasteiger charge is -2.07. The van der Waals surface area contributed by atoms with Gasteiger partial charge in [-0.1, -0.05) is 41.4 Å². The molecule has 1 heterocycles. The number of carbonyl (C=O) groups excluding carboxylic acids is 2. The fourth-order valence-electron chi connectivity index (χ4n) is 2.94. The smallest absolute Gasteiger partial charge is 0.295 e. The number of para-hydroxylation sites is 1. The van der Waals surface area contributed by atoms with Crippen molar-refractivity contribution in [1.29, 1.82) is 0 Å². The van der Waals surface area contributed by atoms with Crippen LogP contribution in [-0.2, 0) is 0 Å². The first-order valence-corrected chi connectivity index (χ1v) is 9.80. The van der Waals surface area contributed by atoms with E-state index in [2.05, 4.69) is 20.5 Å². The maximum atomic E-state index is 12.4. The van der Waals surface area contributed by atoms with Crippen LogP contribution in [0.5, 0.6) is 5.88 Å². The maximum absolute atomic E-state index is 12.4. The standard InChI is InChI=1S/C22H14Cl2N4O3/c23-13-7-10-15(17(24)11-13)21(30)25-14-8-5-12(6-9-14)20(29)28-27-19-16-3-1-2-4-18(16)26-22(19)31/h1-11,26,31H,(H,25,30). The number of azo groups is 1. The van der Waals surface area contributed by atoms with Gasteiger partial charge in [-0.15, -0.1) is 10.2 Å². The number of aromatic hydroxyl groups is 1. The lowest BCUT2D eigenvalue weighted by Crippen LogP contribution is -2.12. The molecule has 0 aliphatic rings. The van der Waals surface area contributed by atoms with Crippen LogP contribution in [0.3, 0.4) is 0 Å². The normalized spacial score (nSPS) is 11.2. The fourth-order valence-corrected chi connectivity index (χ4v) is 3.43. The topological polar surface area (TPSA) is 107 Å². The van der Waals surface area contributed by atoms with Gasteiger partial charge in [0, 0.05) is 21.7 Å². The molecule has 9 heteroatoms. The zero-order valence-corrected chi connectivity index (χ0v) is 17.3. The van der Waals surface area contributed by atoms with Crippen molar-refractivity contribution >= 4 is 57.3 Å². The number of aromatic nitrogens is 1. The van der Waals surface area contributed by atoms with Crippen molar-refractivity contribution in [2.75, 3.05) is 5.32 Å². The molecule has 3 aromatic carbocycles. The highest BCUT2D eigenvalue weighted by Gasteiger charge is 2.13. The Kier molecular flexibility index (Phi) is 5.70. The minimum Gasteiger partial charge on any atom is -0.493 e. The van der Waals surface area contributed by atoms with Crippen LogP contribution in [-0.4, -0.2) is 21.9 Å². The van der Waals surface area contributed by atoms with Gasteiger partial charge in [-0.05, 0) is 48.5 Å². The molecule has 0 bridgehead atoms. The van der Waals surface area contributed by atoms with Gasteiger partial charge in [-0.25, -0.2) is 0 Å². The quantitative estimate of drug-likeness (QED) is 0.313. The largest absolute Gasteiger partial charge is 0.493 e. The van der Waals surface area contributed by atoms with E-state index in [1.54, 1.807) is 36.4 Å². The van der Waals surface area contributed by atoms with Gasteiger partial charge in [-0.2, -0.15) is 0 Å². The summed E-state index contributed by atoms with van der Waals surface area (Å²) in [7, 11) is 0. The molecule has 0 saturated carbocycles. The van der Waals surface area contributed by atoms with Crippen molar-refractivity contribution in [2.24, 2.45) is 10.2 Å². The molecule has 0 atom stereocenters. The number of benzene rings is 3. The molecule has 31 heavy (non-hydrogen) atoms. The van der Waals surface area contributed by atoms with Crippen molar-refractivity contribution in [2.45, 2.75) is 0 Å². The van der Waals surface area contributed by atoms with E-state index < -0.39 is 11.8 Å². The molecular weight excluding hydrogens is 439 g/mol. The van der Waals surface area contributed by atoms with Crippen molar-refractivity contribution in [3.63, 3.8) is 0 Å². The predicted molar refractivity (Wildman–Crippen MR) is 120 cm³/mol. The van der Waals surface area contributed by atoms with Gasteiger partial charge in [0.15, 0.2) is 5.69 Å². The maximum Gasteiger partial charge on any atom is 0.295 e. The van der Waals surface area contributed by atoms with Gasteiger partial charge in [0.2, 0.25) is 5.88 Å². The van der Waals surface area contributed by atoms with E-state index in [4.69, 9.17) is 23.2 Å². The van der Waals surface area contributed by atoms with E-state index in [1.807, 2.05) is 6.07 Å². The molecule has 7 nitrogen and oxygen atoms in total. The summed E-state index contributed by atoms with van der Waals surface area (Å²) < 4.78 is 0. The molecule has 154 valence electrons. The molecule has 2 amide bonds. The third-order valence-electron chi connectivity index (χ3n) is 4.47. The molecule has 0 unspecified atom stereocenters. The zero-order chi connectivity index (χ0) is 22.0. The van der Waals surface area contributed by atoms with Gasteiger partial charge in [0.1, 0.15) is 0 Å². The zero-order valence-electron chi connectivity index (χ0n) is 15.8. The number of carbonyl (C=O) groups is 2. The van der Waals surface area contributed by atoms with Crippen LogP contribution in [0, 0.1) is 0 Å². The second-order valence-corrected chi connectivity index (χ2v) is 7.37. The Morgan fingerprint density at radius 3 is 2.45 bits per heavy atom. The molecule has 0 spiro atoms. The average molecular weight is 453 g/mol. The summed E-state index contributed by atoms with van der Waals surface area (Å²) in [5.74, 6) is -1.17. The minimum atomic E-state index is -0.594. The van der Waals surface area contributed by atoms with E-state index in [0.29, 0.717) is 21.6 Å². The number of nitrogens with zero attached hydrogens (tertiary/aromatic N) is 2. The van der Waals surface area contributed by atoms with Crippen LogP contribution in [0.4, 0.5) is 11.4 Å². The summed E-state index contributed by atoms with van der Waals surface area (Å²) in [6.45, 7) is 0. The van der Waals surface area contributed by atoms with Gasteiger partial charge >= 0.3 is 0 Å². The minimum absolute atomic E-state index is 0.170. The summed E-state index contributed by atoms with van der Waals surface area (Å²) in [5, 5.41) is 21.6. The van der Waals surface area contributed by atoms with Gasteiger partial charge < -0.3 is 15.4 Å². The van der Waals surface area contributed by atoms with Crippen molar-refractivity contribution in [1.82, 2.24) is 4.98 Å². The fraction of sp³-hybridized carbons (Fsp3) is 0. The first kappa shape index (κ1) is 20.6. The average Bonchev–Trinajstić information content (AvgIpc) is 3.07. The number of hydrogen-bond acceptors (Lipinski definition) is 4. The van der Waals surface area contributed by atoms with Gasteiger partial charge in [0.25, 0.3) is 11.8 Å². The van der Waals surface area contributed by atoms with E-state index in [9.17, 15) is 14.7 Å². The Bertz CT molecular complexity index is 1330. The second kappa shape index (κ2) is 8.59. The monoisotopic (exact) mass is 452 g/mol. The number of H-pyrrole nitrogens is 1. The Balaban J connectivity index is 1.47.